The van der Waals surface area contributed by atoms with Crippen molar-refractivity contribution in [3.05, 3.63) is 60.2 Å². The number of carbonyl (C=O) groups excluding carboxylic acids is 2. The normalized spacial score (nSPS) is 12.0. The summed E-state index contributed by atoms with van der Waals surface area (Å²) in [5, 5.41) is 5.00. The zero-order valence-electron chi connectivity index (χ0n) is 15.1. The van der Waals surface area contributed by atoms with Gasteiger partial charge in [-0.2, -0.15) is 0 Å². The van der Waals surface area contributed by atoms with E-state index in [2.05, 4.69) is 36.6 Å². The molecule has 2 aromatic carbocycles. The second-order valence-electron chi connectivity index (χ2n) is 6.42. The molecule has 5 nitrogen and oxygen atoms in total. The lowest BCUT2D eigenvalue weighted by molar-refractivity contribution is -0.692. The lowest BCUT2D eigenvalue weighted by Crippen LogP contribution is -2.88. The number of benzene rings is 2. The van der Waals surface area contributed by atoms with Gasteiger partial charge in [0, 0.05) is 16.4 Å². The number of para-hydroxylation sites is 1. The Labute approximate surface area is 158 Å². The summed E-state index contributed by atoms with van der Waals surface area (Å²) in [4.78, 5) is 24.2. The van der Waals surface area contributed by atoms with E-state index in [1.807, 2.05) is 42.5 Å². The van der Waals surface area contributed by atoms with Crippen LogP contribution in [-0.4, -0.2) is 24.1 Å². The molecule has 2 amide bonds. The Kier molecular flexibility index (Phi) is 7.69. The zero-order valence-corrected chi connectivity index (χ0v) is 16.0. The minimum absolute atomic E-state index is 0.0706. The topological polar surface area (TPSA) is 88.8 Å². The van der Waals surface area contributed by atoms with Gasteiger partial charge in [0.25, 0.3) is 5.91 Å². The van der Waals surface area contributed by atoms with Crippen LogP contribution in [0.2, 0.25) is 0 Å². The van der Waals surface area contributed by atoms with Crippen molar-refractivity contribution in [2.45, 2.75) is 24.8 Å². The van der Waals surface area contributed by atoms with Gasteiger partial charge < -0.3 is 16.4 Å². The minimum Gasteiger partial charge on any atom is -0.369 e. The summed E-state index contributed by atoms with van der Waals surface area (Å²) in [6.07, 6.45) is 0. The lowest BCUT2D eigenvalue weighted by Gasteiger charge is -2.19. The SMILES string of the molecule is CC(C)[C@@H]([NH2+]CC(=O)Nc1ccccc1SCC(N)=O)c1ccccc1. The molecule has 0 saturated carbocycles. The number of rotatable bonds is 9. The van der Waals surface area contributed by atoms with E-state index in [0.717, 1.165) is 4.90 Å². The van der Waals surface area contributed by atoms with Crippen LogP contribution in [0.15, 0.2) is 59.5 Å². The molecule has 0 saturated heterocycles. The first-order valence-electron chi connectivity index (χ1n) is 8.65. The van der Waals surface area contributed by atoms with E-state index in [9.17, 15) is 9.59 Å². The number of carbonyl (C=O) groups is 2. The largest absolute Gasteiger partial charge is 0.369 e. The third kappa shape index (κ3) is 6.20. The third-order valence-corrected chi connectivity index (χ3v) is 5.09. The van der Waals surface area contributed by atoms with Crippen molar-refractivity contribution in [3.63, 3.8) is 0 Å². The van der Waals surface area contributed by atoms with Gasteiger partial charge in [-0.15, -0.1) is 11.8 Å². The molecule has 2 rings (SSSR count). The molecule has 0 bridgehead atoms. The molecule has 1 atom stereocenters. The van der Waals surface area contributed by atoms with E-state index in [1.165, 1.54) is 17.3 Å². The van der Waals surface area contributed by atoms with Gasteiger partial charge >= 0.3 is 0 Å². The van der Waals surface area contributed by atoms with Gasteiger partial charge in [-0.25, -0.2) is 0 Å². The number of nitrogens with one attached hydrogen (secondary N) is 1. The van der Waals surface area contributed by atoms with Crippen molar-refractivity contribution in [3.8, 4) is 0 Å². The number of anilines is 1. The molecule has 0 aromatic heterocycles. The van der Waals surface area contributed by atoms with E-state index in [-0.39, 0.29) is 23.6 Å². The van der Waals surface area contributed by atoms with Crippen molar-refractivity contribution >= 4 is 29.3 Å². The summed E-state index contributed by atoms with van der Waals surface area (Å²) in [6.45, 7) is 4.64. The molecule has 26 heavy (non-hydrogen) atoms. The van der Waals surface area contributed by atoms with Crippen molar-refractivity contribution in [2.75, 3.05) is 17.6 Å². The Morgan fingerprint density at radius 2 is 1.73 bits per heavy atom. The average Bonchev–Trinajstić information content (AvgIpc) is 2.61. The second kappa shape index (κ2) is 9.99. The molecule has 5 N–H and O–H groups in total. The molecule has 0 unspecified atom stereocenters. The van der Waals surface area contributed by atoms with Crippen LogP contribution in [0.3, 0.4) is 0 Å². The summed E-state index contributed by atoms with van der Waals surface area (Å²) in [7, 11) is 0. The summed E-state index contributed by atoms with van der Waals surface area (Å²) >= 11 is 1.32. The summed E-state index contributed by atoms with van der Waals surface area (Å²) in [5.74, 6) is 0.136. The highest BCUT2D eigenvalue weighted by atomic mass is 32.2. The summed E-state index contributed by atoms with van der Waals surface area (Å²) in [5.41, 5.74) is 7.13. The standard InChI is InChI=1S/C20H25N3O2S/c1-14(2)20(15-8-4-3-5-9-15)22-12-19(25)23-16-10-6-7-11-17(16)26-13-18(21)24/h3-11,14,20,22H,12-13H2,1-2H3,(H2,21,24)(H,23,25)/p+1/t20-/m1/s1. The molecular formula is C20H26N3O2S+. The van der Waals surface area contributed by atoms with Crippen molar-refractivity contribution in [1.29, 1.82) is 0 Å². The fourth-order valence-corrected chi connectivity index (χ4v) is 3.50. The van der Waals surface area contributed by atoms with Gasteiger partial charge in [-0.05, 0) is 12.1 Å². The minimum atomic E-state index is -0.382. The Morgan fingerprint density at radius 3 is 2.38 bits per heavy atom. The quantitative estimate of drug-likeness (QED) is 0.589. The average molecular weight is 373 g/mol. The van der Waals surface area contributed by atoms with E-state index < -0.39 is 0 Å². The smallest absolute Gasteiger partial charge is 0.279 e. The van der Waals surface area contributed by atoms with Crippen molar-refractivity contribution in [1.82, 2.24) is 0 Å². The van der Waals surface area contributed by atoms with Crippen LogP contribution >= 0.6 is 11.8 Å². The van der Waals surface area contributed by atoms with Crippen LogP contribution in [0.25, 0.3) is 0 Å². The lowest BCUT2D eigenvalue weighted by atomic mass is 9.96. The Bertz CT molecular complexity index is 735. The van der Waals surface area contributed by atoms with Crippen LogP contribution in [-0.2, 0) is 9.59 Å². The van der Waals surface area contributed by atoms with Crippen LogP contribution < -0.4 is 16.4 Å². The monoisotopic (exact) mass is 372 g/mol. The fourth-order valence-electron chi connectivity index (χ4n) is 2.75. The third-order valence-electron chi connectivity index (χ3n) is 3.99. The Balaban J connectivity index is 1.97. The van der Waals surface area contributed by atoms with Crippen molar-refractivity contribution < 1.29 is 14.9 Å². The first kappa shape index (κ1) is 20.0. The number of hydrogen-bond donors (Lipinski definition) is 3. The van der Waals surface area contributed by atoms with Crippen LogP contribution in [0.4, 0.5) is 5.69 Å². The number of amides is 2. The predicted octanol–water partition coefficient (Wildman–Crippen LogP) is 2.16. The summed E-state index contributed by atoms with van der Waals surface area (Å²) < 4.78 is 0. The first-order valence-corrected chi connectivity index (χ1v) is 9.64. The van der Waals surface area contributed by atoms with Crippen LogP contribution in [0, 0.1) is 5.92 Å². The van der Waals surface area contributed by atoms with Gasteiger partial charge in [0.15, 0.2) is 6.54 Å². The predicted molar refractivity (Wildman–Crippen MR) is 106 cm³/mol. The van der Waals surface area contributed by atoms with Crippen molar-refractivity contribution in [2.24, 2.45) is 11.7 Å². The maximum atomic E-state index is 12.4. The van der Waals surface area contributed by atoms with Gasteiger partial charge in [-0.1, -0.05) is 56.3 Å². The van der Waals surface area contributed by atoms with Gasteiger partial charge in [-0.3, -0.25) is 9.59 Å². The molecule has 6 heteroatoms. The molecule has 2 aromatic rings. The van der Waals surface area contributed by atoms with Gasteiger partial charge in [0.2, 0.25) is 5.91 Å². The molecular weight excluding hydrogens is 346 g/mol. The van der Waals surface area contributed by atoms with E-state index in [4.69, 9.17) is 5.73 Å². The number of primary amides is 1. The van der Waals surface area contributed by atoms with Gasteiger partial charge in [0.05, 0.1) is 11.4 Å². The molecule has 0 radical (unpaired) electrons. The fraction of sp³-hybridized carbons (Fsp3) is 0.300. The molecule has 0 fully saturated rings. The first-order chi connectivity index (χ1) is 12.5. The number of thioether (sulfide) groups is 1. The Morgan fingerprint density at radius 1 is 1.08 bits per heavy atom. The second-order valence-corrected chi connectivity index (χ2v) is 7.44. The zero-order chi connectivity index (χ0) is 18.9. The molecule has 0 aliphatic heterocycles. The molecule has 0 aliphatic carbocycles. The van der Waals surface area contributed by atoms with E-state index in [1.54, 1.807) is 0 Å². The molecule has 0 spiro atoms. The van der Waals surface area contributed by atoms with Crippen LogP contribution in [0.1, 0.15) is 25.5 Å². The maximum Gasteiger partial charge on any atom is 0.279 e. The highest BCUT2D eigenvalue weighted by molar-refractivity contribution is 8.00. The molecule has 0 heterocycles. The summed E-state index contributed by atoms with van der Waals surface area (Å²) in [6, 6.07) is 17.9. The van der Waals surface area contributed by atoms with Crippen LogP contribution in [0.5, 0.6) is 0 Å². The highest BCUT2D eigenvalue weighted by Crippen LogP contribution is 2.26. The number of hydrogen-bond acceptors (Lipinski definition) is 3. The number of nitrogens with two attached hydrogens (primary N) is 2. The molecule has 0 aliphatic rings. The van der Waals surface area contributed by atoms with Gasteiger partial charge in [0.1, 0.15) is 6.04 Å². The maximum absolute atomic E-state index is 12.4. The van der Waals surface area contributed by atoms with E-state index in [0.29, 0.717) is 18.2 Å². The number of quaternary nitrogens is 1. The Hall–Kier alpha value is -2.31. The van der Waals surface area contributed by atoms with E-state index >= 15 is 0 Å². The molecule has 138 valence electrons. The highest BCUT2D eigenvalue weighted by Gasteiger charge is 2.20.